The molecule has 0 aromatic carbocycles. The first-order valence-electron chi connectivity index (χ1n) is 38.5. The van der Waals surface area contributed by atoms with Gasteiger partial charge in [0.2, 0.25) is 0 Å². The fourth-order valence-electron chi connectivity index (χ4n) is 11.3. The number of rotatable bonds is 73. The molecule has 3 N–H and O–H groups in total. The number of phosphoric acid groups is 2. The molecule has 0 radical (unpaired) electrons. The summed E-state index contributed by atoms with van der Waals surface area (Å²) in [6, 6.07) is 0. The molecule has 552 valence electrons. The van der Waals surface area contributed by atoms with Crippen LogP contribution in [0.1, 0.15) is 382 Å². The highest BCUT2D eigenvalue weighted by atomic mass is 31.2. The van der Waals surface area contributed by atoms with Gasteiger partial charge < -0.3 is 33.8 Å². The van der Waals surface area contributed by atoms with Crippen LogP contribution in [0.2, 0.25) is 0 Å². The molecule has 2 unspecified atom stereocenters. The van der Waals surface area contributed by atoms with Crippen LogP contribution in [0.5, 0.6) is 0 Å². The topological polar surface area (TPSA) is 237 Å². The first-order chi connectivity index (χ1) is 44.9. The number of aliphatic hydroxyl groups excluding tert-OH is 1. The van der Waals surface area contributed by atoms with Crippen LogP contribution in [-0.4, -0.2) is 96.7 Å². The zero-order chi connectivity index (χ0) is 68.6. The summed E-state index contributed by atoms with van der Waals surface area (Å²) < 4.78 is 68.3. The molecule has 19 heteroatoms. The lowest BCUT2D eigenvalue weighted by molar-refractivity contribution is -0.161. The second-order valence-electron chi connectivity index (χ2n) is 27.6. The summed E-state index contributed by atoms with van der Waals surface area (Å²) in [5.74, 6) is -0.650. The normalized spacial score (nSPS) is 14.1. The Morgan fingerprint density at radius 3 is 0.731 bits per heavy atom. The molecule has 0 aromatic rings. The lowest BCUT2D eigenvalue weighted by atomic mass is 10.0. The molecule has 0 bridgehead atoms. The molecule has 0 fully saturated rings. The van der Waals surface area contributed by atoms with Crippen LogP contribution < -0.4 is 0 Å². The van der Waals surface area contributed by atoms with E-state index < -0.39 is 97.5 Å². The maximum atomic E-state index is 13.1. The van der Waals surface area contributed by atoms with Gasteiger partial charge in [-0.15, -0.1) is 0 Å². The van der Waals surface area contributed by atoms with E-state index in [2.05, 4.69) is 41.5 Å². The standard InChI is InChI=1S/C74H144O17P2/c1-7-9-11-13-15-16-17-18-19-20-21-22-23-24-25-26-27-28-33-40-46-52-58-73(78)90-70(63-85-72(77)57-51-45-39-32-30-29-31-37-42-48-54-66(3)4)65-89-93(82,83)87-61-68(75)60-86-92(80,81)88-64-69(62-84-71(76)56-50-44-36-14-12-10-8-2)91-74(79)59-53-47-41-35-34-38-43-49-55-67(5)6/h66-70,75H,7-65H2,1-6H3,(H,80,81)(H,82,83)/t68-,69+,70+/m0/s1. The third-order valence-corrected chi connectivity index (χ3v) is 19.1. The van der Waals surface area contributed by atoms with Crippen LogP contribution in [0.15, 0.2) is 0 Å². The third kappa shape index (κ3) is 68.4. The van der Waals surface area contributed by atoms with Crippen LogP contribution in [0.4, 0.5) is 0 Å². The predicted octanol–water partition coefficient (Wildman–Crippen LogP) is 21.6. The number of carbonyl (C=O) groups is 4. The molecule has 0 saturated carbocycles. The van der Waals surface area contributed by atoms with Gasteiger partial charge in [0.05, 0.1) is 26.4 Å². The minimum Gasteiger partial charge on any atom is -0.462 e. The molecule has 0 saturated heterocycles. The summed E-state index contributed by atoms with van der Waals surface area (Å²) in [6.07, 6.45) is 53.1. The van der Waals surface area contributed by atoms with Crippen molar-refractivity contribution in [2.75, 3.05) is 39.6 Å². The summed E-state index contributed by atoms with van der Waals surface area (Å²) in [6.45, 7) is 9.48. The van der Waals surface area contributed by atoms with E-state index in [-0.39, 0.29) is 25.7 Å². The van der Waals surface area contributed by atoms with Crippen LogP contribution >= 0.6 is 15.6 Å². The van der Waals surface area contributed by atoms with Crippen LogP contribution in [0, 0.1) is 11.8 Å². The minimum absolute atomic E-state index is 0.104. The fourth-order valence-corrected chi connectivity index (χ4v) is 12.9. The maximum absolute atomic E-state index is 13.1. The molecule has 0 rings (SSSR count). The highest BCUT2D eigenvalue weighted by Crippen LogP contribution is 2.45. The number of ether oxygens (including phenoxy) is 4. The minimum atomic E-state index is -4.95. The molecular formula is C74H144O17P2. The average Bonchev–Trinajstić information content (AvgIpc) is 2.71. The predicted molar refractivity (Wildman–Crippen MR) is 377 cm³/mol. The molecule has 0 spiro atoms. The Balaban J connectivity index is 5.14. The summed E-state index contributed by atoms with van der Waals surface area (Å²) in [4.78, 5) is 72.5. The summed E-state index contributed by atoms with van der Waals surface area (Å²) >= 11 is 0. The van der Waals surface area contributed by atoms with Gasteiger partial charge in [-0.2, -0.15) is 0 Å². The lowest BCUT2D eigenvalue weighted by Gasteiger charge is -2.21. The van der Waals surface area contributed by atoms with Gasteiger partial charge in [0.15, 0.2) is 12.2 Å². The van der Waals surface area contributed by atoms with Crippen molar-refractivity contribution in [3.05, 3.63) is 0 Å². The van der Waals surface area contributed by atoms with Crippen LogP contribution in [-0.2, 0) is 65.4 Å². The van der Waals surface area contributed by atoms with E-state index in [1.165, 1.54) is 186 Å². The third-order valence-electron chi connectivity index (χ3n) is 17.2. The van der Waals surface area contributed by atoms with Crippen molar-refractivity contribution in [1.82, 2.24) is 0 Å². The Bertz CT molecular complexity index is 1800. The molecular weight excluding hydrogens is 1220 g/mol. The second-order valence-corrected chi connectivity index (χ2v) is 30.5. The van der Waals surface area contributed by atoms with E-state index in [9.17, 15) is 43.2 Å². The number of hydrogen-bond acceptors (Lipinski definition) is 15. The lowest BCUT2D eigenvalue weighted by Crippen LogP contribution is -2.30. The largest absolute Gasteiger partial charge is 0.472 e. The highest BCUT2D eigenvalue weighted by Gasteiger charge is 2.30. The quantitative estimate of drug-likeness (QED) is 0.0222. The van der Waals surface area contributed by atoms with Crippen molar-refractivity contribution in [2.45, 2.75) is 400 Å². The number of phosphoric ester groups is 2. The molecule has 0 aromatic heterocycles. The SMILES string of the molecule is CCCCCCCCCCCCCCCCCCCCCCCCC(=O)O[C@H](COC(=O)CCCCCCCCCCCCC(C)C)COP(=O)(O)OC[C@@H](O)COP(=O)(O)OC[C@@H](COC(=O)CCCCCCCCC)OC(=O)CCCCCCCCCCC(C)C. The highest BCUT2D eigenvalue weighted by molar-refractivity contribution is 7.47. The van der Waals surface area contributed by atoms with E-state index in [1.807, 2.05) is 0 Å². The second kappa shape index (κ2) is 66.0. The van der Waals surface area contributed by atoms with Crippen LogP contribution in [0.25, 0.3) is 0 Å². The molecule has 0 aliphatic carbocycles. The van der Waals surface area contributed by atoms with Gasteiger partial charge in [-0.3, -0.25) is 37.3 Å². The van der Waals surface area contributed by atoms with Crippen molar-refractivity contribution in [1.29, 1.82) is 0 Å². The van der Waals surface area contributed by atoms with Crippen LogP contribution in [0.3, 0.4) is 0 Å². The van der Waals surface area contributed by atoms with Gasteiger partial charge in [-0.05, 0) is 37.5 Å². The van der Waals surface area contributed by atoms with E-state index >= 15 is 0 Å². The smallest absolute Gasteiger partial charge is 0.462 e. The number of carbonyl (C=O) groups excluding carboxylic acids is 4. The summed E-state index contributed by atoms with van der Waals surface area (Å²) in [5, 5.41) is 10.6. The Kier molecular flexibility index (Phi) is 64.6. The molecule has 0 heterocycles. The Hall–Kier alpha value is -1.94. The van der Waals surface area contributed by atoms with Crippen molar-refractivity contribution in [3.63, 3.8) is 0 Å². The number of esters is 4. The number of aliphatic hydroxyl groups is 1. The molecule has 17 nitrogen and oxygen atoms in total. The van der Waals surface area contributed by atoms with Gasteiger partial charge in [0, 0.05) is 25.7 Å². The Labute approximate surface area is 568 Å². The van der Waals surface area contributed by atoms with Gasteiger partial charge in [-0.25, -0.2) is 9.13 Å². The van der Waals surface area contributed by atoms with E-state index in [4.69, 9.17) is 37.0 Å². The average molecular weight is 1370 g/mol. The van der Waals surface area contributed by atoms with E-state index in [1.54, 1.807) is 0 Å². The van der Waals surface area contributed by atoms with Gasteiger partial charge in [0.25, 0.3) is 0 Å². The van der Waals surface area contributed by atoms with E-state index in [0.717, 1.165) is 115 Å². The van der Waals surface area contributed by atoms with E-state index in [0.29, 0.717) is 25.7 Å². The first kappa shape index (κ1) is 91.1. The molecule has 0 amide bonds. The van der Waals surface area contributed by atoms with Crippen molar-refractivity contribution >= 4 is 39.5 Å². The zero-order valence-corrected chi connectivity index (χ0v) is 62.3. The molecule has 93 heavy (non-hydrogen) atoms. The fraction of sp³-hybridized carbons (Fsp3) is 0.946. The van der Waals surface area contributed by atoms with Gasteiger partial charge >= 0.3 is 39.5 Å². The number of unbranched alkanes of at least 4 members (excludes halogenated alkanes) is 43. The molecule has 5 atom stereocenters. The Morgan fingerprint density at radius 2 is 0.495 bits per heavy atom. The van der Waals surface area contributed by atoms with Crippen molar-refractivity contribution in [2.24, 2.45) is 11.8 Å². The van der Waals surface area contributed by atoms with Crippen molar-refractivity contribution in [3.8, 4) is 0 Å². The Morgan fingerprint density at radius 1 is 0.290 bits per heavy atom. The first-order valence-corrected chi connectivity index (χ1v) is 41.5. The number of hydrogen-bond donors (Lipinski definition) is 3. The monoisotopic (exact) mass is 1370 g/mol. The summed E-state index contributed by atoms with van der Waals surface area (Å²) in [7, 11) is -9.90. The molecule has 0 aliphatic rings. The van der Waals surface area contributed by atoms with Gasteiger partial charge in [-0.1, -0.05) is 330 Å². The van der Waals surface area contributed by atoms with Crippen molar-refractivity contribution < 1.29 is 80.2 Å². The molecule has 0 aliphatic heterocycles. The van der Waals surface area contributed by atoms with Gasteiger partial charge in [0.1, 0.15) is 19.3 Å². The zero-order valence-electron chi connectivity index (χ0n) is 60.6. The maximum Gasteiger partial charge on any atom is 0.472 e. The summed E-state index contributed by atoms with van der Waals surface area (Å²) in [5.41, 5.74) is 0.